The average Bonchev–Trinajstić information content (AvgIpc) is 2.83. The van der Waals surface area contributed by atoms with E-state index in [1.807, 2.05) is 18.1 Å². The van der Waals surface area contributed by atoms with Crippen LogP contribution in [0.25, 0.3) is 0 Å². The molecule has 1 aromatic heterocycles. The van der Waals surface area contributed by atoms with Crippen LogP contribution in [0.4, 0.5) is 5.69 Å². The minimum absolute atomic E-state index is 0.531. The smallest absolute Gasteiger partial charge is 0.0900 e. The van der Waals surface area contributed by atoms with Crippen molar-refractivity contribution in [3.05, 3.63) is 11.9 Å². The first kappa shape index (κ1) is 10.5. The number of rotatable bonds is 1. The lowest BCUT2D eigenvalue weighted by Crippen LogP contribution is -2.37. The standard InChI is InChI=1S/C11H18N4S/c1-8-7-14-10(5-12-8)11(6-13-14)15-9(2)3-4-16-15/h6,8-9,12H,3-5,7H2,1-2H3/t8-,9?/m0/s1. The first-order valence-electron chi connectivity index (χ1n) is 5.96. The lowest BCUT2D eigenvalue weighted by atomic mass is 10.2. The van der Waals surface area contributed by atoms with Gasteiger partial charge >= 0.3 is 0 Å². The highest BCUT2D eigenvalue weighted by atomic mass is 32.2. The highest BCUT2D eigenvalue weighted by Gasteiger charge is 2.28. The van der Waals surface area contributed by atoms with Gasteiger partial charge in [0.2, 0.25) is 0 Å². The predicted molar refractivity (Wildman–Crippen MR) is 67.5 cm³/mol. The molecule has 0 amide bonds. The number of aromatic nitrogens is 2. The molecule has 1 fully saturated rings. The Bertz CT molecular complexity index is 389. The molecular formula is C11H18N4S. The molecule has 1 saturated heterocycles. The van der Waals surface area contributed by atoms with Crippen molar-refractivity contribution in [1.29, 1.82) is 0 Å². The Morgan fingerprint density at radius 3 is 3.12 bits per heavy atom. The molecule has 1 aromatic rings. The van der Waals surface area contributed by atoms with Gasteiger partial charge in [0.1, 0.15) is 0 Å². The molecule has 0 spiro atoms. The molecule has 2 aliphatic rings. The van der Waals surface area contributed by atoms with Crippen molar-refractivity contribution in [2.45, 2.75) is 45.4 Å². The van der Waals surface area contributed by atoms with E-state index in [0.717, 1.165) is 13.1 Å². The summed E-state index contributed by atoms with van der Waals surface area (Å²) in [6.45, 7) is 6.43. The van der Waals surface area contributed by atoms with E-state index in [1.165, 1.54) is 23.6 Å². The molecule has 0 saturated carbocycles. The molecule has 4 nitrogen and oxygen atoms in total. The van der Waals surface area contributed by atoms with Gasteiger partial charge in [0.25, 0.3) is 0 Å². The molecule has 0 radical (unpaired) electrons. The van der Waals surface area contributed by atoms with Crippen molar-refractivity contribution in [3.63, 3.8) is 0 Å². The van der Waals surface area contributed by atoms with Gasteiger partial charge in [-0.25, -0.2) is 0 Å². The van der Waals surface area contributed by atoms with Gasteiger partial charge in [-0.15, -0.1) is 0 Å². The van der Waals surface area contributed by atoms with Crippen molar-refractivity contribution in [2.24, 2.45) is 0 Å². The summed E-state index contributed by atoms with van der Waals surface area (Å²) in [7, 11) is 0. The summed E-state index contributed by atoms with van der Waals surface area (Å²) in [4.78, 5) is 0. The van der Waals surface area contributed by atoms with Crippen LogP contribution in [0.5, 0.6) is 0 Å². The first-order chi connectivity index (χ1) is 7.75. The fourth-order valence-electron chi connectivity index (χ4n) is 2.39. The number of fused-ring (bicyclic) bond motifs is 1. The quantitative estimate of drug-likeness (QED) is 0.754. The molecule has 5 heteroatoms. The van der Waals surface area contributed by atoms with Gasteiger partial charge in [-0.3, -0.25) is 4.68 Å². The third kappa shape index (κ3) is 1.62. The van der Waals surface area contributed by atoms with Crippen molar-refractivity contribution in [2.75, 3.05) is 10.1 Å². The van der Waals surface area contributed by atoms with Crippen LogP contribution in [-0.2, 0) is 13.1 Å². The van der Waals surface area contributed by atoms with Gasteiger partial charge in [0.15, 0.2) is 0 Å². The molecule has 88 valence electrons. The monoisotopic (exact) mass is 238 g/mol. The molecular weight excluding hydrogens is 220 g/mol. The Labute approximate surface area is 101 Å². The fraction of sp³-hybridized carbons (Fsp3) is 0.727. The van der Waals surface area contributed by atoms with E-state index in [2.05, 4.69) is 33.2 Å². The Hall–Kier alpha value is -0.680. The van der Waals surface area contributed by atoms with E-state index < -0.39 is 0 Å². The zero-order valence-electron chi connectivity index (χ0n) is 9.81. The second-order valence-corrected chi connectivity index (χ2v) is 5.80. The maximum absolute atomic E-state index is 4.51. The normalized spacial score (nSPS) is 29.5. The molecule has 1 N–H and O–H groups in total. The molecule has 2 atom stereocenters. The molecule has 0 bridgehead atoms. The minimum atomic E-state index is 0.531. The van der Waals surface area contributed by atoms with Gasteiger partial charge < -0.3 is 9.62 Å². The third-order valence-corrected chi connectivity index (χ3v) is 4.65. The second kappa shape index (κ2) is 3.96. The molecule has 2 aliphatic heterocycles. The van der Waals surface area contributed by atoms with Gasteiger partial charge in [-0.05, 0) is 32.2 Å². The van der Waals surface area contributed by atoms with Gasteiger partial charge in [-0.2, -0.15) is 5.10 Å². The van der Waals surface area contributed by atoms with Gasteiger partial charge in [0.05, 0.1) is 24.1 Å². The summed E-state index contributed by atoms with van der Waals surface area (Å²) in [6, 6.07) is 1.17. The number of anilines is 1. The van der Waals surface area contributed by atoms with Crippen LogP contribution in [-0.4, -0.2) is 27.6 Å². The third-order valence-electron chi connectivity index (χ3n) is 3.40. The zero-order valence-corrected chi connectivity index (χ0v) is 10.6. The van der Waals surface area contributed by atoms with E-state index in [-0.39, 0.29) is 0 Å². The predicted octanol–water partition coefficient (Wildman–Crippen LogP) is 1.62. The highest BCUT2D eigenvalue weighted by molar-refractivity contribution is 8.00. The Morgan fingerprint density at radius 1 is 1.50 bits per heavy atom. The Balaban J connectivity index is 1.91. The van der Waals surface area contributed by atoms with Crippen LogP contribution in [0.2, 0.25) is 0 Å². The lowest BCUT2D eigenvalue weighted by Gasteiger charge is -2.26. The molecule has 3 heterocycles. The molecule has 0 aromatic carbocycles. The van der Waals surface area contributed by atoms with Crippen molar-refractivity contribution >= 4 is 17.6 Å². The minimum Gasteiger partial charge on any atom is -0.310 e. The van der Waals surface area contributed by atoms with Crippen LogP contribution in [0.15, 0.2) is 6.20 Å². The first-order valence-corrected chi connectivity index (χ1v) is 6.90. The largest absolute Gasteiger partial charge is 0.310 e. The van der Waals surface area contributed by atoms with Crippen molar-refractivity contribution < 1.29 is 0 Å². The van der Waals surface area contributed by atoms with Crippen LogP contribution >= 0.6 is 11.9 Å². The van der Waals surface area contributed by atoms with Crippen LogP contribution < -0.4 is 9.62 Å². The van der Waals surface area contributed by atoms with Crippen LogP contribution in [0.1, 0.15) is 26.0 Å². The zero-order chi connectivity index (χ0) is 11.1. The fourth-order valence-corrected chi connectivity index (χ4v) is 3.69. The summed E-state index contributed by atoms with van der Waals surface area (Å²) in [5.74, 6) is 1.23. The van der Waals surface area contributed by atoms with Gasteiger partial charge in [-0.1, -0.05) is 0 Å². The van der Waals surface area contributed by atoms with E-state index >= 15 is 0 Å². The molecule has 1 unspecified atom stereocenters. The van der Waals surface area contributed by atoms with E-state index in [9.17, 15) is 0 Å². The highest BCUT2D eigenvalue weighted by Crippen LogP contribution is 2.35. The maximum atomic E-state index is 4.51. The van der Waals surface area contributed by atoms with Crippen LogP contribution in [0.3, 0.4) is 0 Å². The topological polar surface area (TPSA) is 33.1 Å². The SMILES string of the molecule is CC1CCSN1c1cnn2c1CN[C@@H](C)C2. The lowest BCUT2D eigenvalue weighted by molar-refractivity contribution is 0.389. The number of nitrogens with zero attached hydrogens (tertiary/aromatic N) is 3. The number of nitrogens with one attached hydrogen (secondary N) is 1. The molecule has 3 rings (SSSR count). The second-order valence-electron chi connectivity index (χ2n) is 4.74. The van der Waals surface area contributed by atoms with Crippen LogP contribution in [0, 0.1) is 0 Å². The van der Waals surface area contributed by atoms with E-state index in [1.54, 1.807) is 0 Å². The Kier molecular flexibility index (Phi) is 2.59. The average molecular weight is 238 g/mol. The summed E-state index contributed by atoms with van der Waals surface area (Å²) < 4.78 is 4.58. The van der Waals surface area contributed by atoms with Crippen molar-refractivity contribution in [1.82, 2.24) is 15.1 Å². The summed E-state index contributed by atoms with van der Waals surface area (Å²) >= 11 is 1.93. The van der Waals surface area contributed by atoms with E-state index in [4.69, 9.17) is 0 Å². The summed E-state index contributed by atoms with van der Waals surface area (Å²) in [5, 5.41) is 8.01. The number of hydrogen-bond donors (Lipinski definition) is 1. The van der Waals surface area contributed by atoms with E-state index in [0.29, 0.717) is 12.1 Å². The summed E-state index contributed by atoms with van der Waals surface area (Å²) in [6.07, 6.45) is 3.31. The molecule has 16 heavy (non-hydrogen) atoms. The van der Waals surface area contributed by atoms with Gasteiger partial charge in [0, 0.05) is 24.4 Å². The Morgan fingerprint density at radius 2 is 2.38 bits per heavy atom. The summed E-state index contributed by atoms with van der Waals surface area (Å²) in [5.41, 5.74) is 2.66. The number of hydrogen-bond acceptors (Lipinski definition) is 4. The maximum Gasteiger partial charge on any atom is 0.0900 e. The molecule has 0 aliphatic carbocycles. The van der Waals surface area contributed by atoms with Crippen molar-refractivity contribution in [3.8, 4) is 0 Å².